The highest BCUT2D eigenvalue weighted by atomic mass is 35.5. The zero-order valence-corrected chi connectivity index (χ0v) is 16.7. The van der Waals surface area contributed by atoms with Crippen LogP contribution in [-0.4, -0.2) is 48.1 Å². The number of piperazine rings is 1. The van der Waals surface area contributed by atoms with E-state index in [0.717, 1.165) is 60.3 Å². The minimum absolute atomic E-state index is 0.100. The first-order chi connectivity index (χ1) is 12.6. The molecule has 0 spiro atoms. The van der Waals surface area contributed by atoms with Gasteiger partial charge in [-0.3, -0.25) is 0 Å². The summed E-state index contributed by atoms with van der Waals surface area (Å²) in [6, 6.07) is 4.45. The maximum atomic E-state index is 12.5. The van der Waals surface area contributed by atoms with Crippen molar-refractivity contribution >= 4 is 44.3 Å². The number of benzene rings is 1. The number of hydrogen-bond acceptors (Lipinski definition) is 4. The van der Waals surface area contributed by atoms with Gasteiger partial charge in [0.2, 0.25) is 0 Å². The van der Waals surface area contributed by atoms with Gasteiger partial charge in [-0.15, -0.1) is 0 Å². The molecule has 0 atom stereocenters. The summed E-state index contributed by atoms with van der Waals surface area (Å²) in [5.41, 5.74) is 2.03. The first-order valence-corrected chi connectivity index (χ1v) is 10.7. The molecule has 2 fully saturated rings. The highest BCUT2D eigenvalue weighted by Gasteiger charge is 2.25. The Bertz CT molecular complexity index is 794. The molecule has 2 aromatic rings. The number of nitrogens with one attached hydrogen (secondary N) is 1. The highest BCUT2D eigenvalue weighted by molar-refractivity contribution is 7.22. The number of aromatic nitrogens is 1. The minimum atomic E-state index is 0.100. The van der Waals surface area contributed by atoms with Gasteiger partial charge in [-0.05, 0) is 37.5 Å². The first kappa shape index (κ1) is 17.9. The van der Waals surface area contributed by atoms with Crippen LogP contribution in [0.3, 0.4) is 0 Å². The fraction of sp³-hybridized carbons (Fsp3) is 0.579. The van der Waals surface area contributed by atoms with E-state index in [2.05, 4.69) is 10.2 Å². The number of fused-ring (bicyclic) bond motifs is 1. The summed E-state index contributed by atoms with van der Waals surface area (Å²) in [7, 11) is 0. The second kappa shape index (κ2) is 7.61. The molecule has 7 heteroatoms. The molecule has 1 aliphatic carbocycles. The molecule has 1 saturated carbocycles. The van der Waals surface area contributed by atoms with Crippen molar-refractivity contribution in [2.45, 2.75) is 45.1 Å². The van der Waals surface area contributed by atoms with Crippen LogP contribution in [0.1, 0.15) is 37.7 Å². The summed E-state index contributed by atoms with van der Waals surface area (Å²) in [5.74, 6) is 0. The second-order valence-corrected chi connectivity index (χ2v) is 8.69. The second-order valence-electron chi connectivity index (χ2n) is 7.27. The zero-order valence-electron chi connectivity index (χ0n) is 15.1. The Kier molecular flexibility index (Phi) is 5.23. The lowest BCUT2D eigenvalue weighted by atomic mass is 9.96. The van der Waals surface area contributed by atoms with Crippen molar-refractivity contribution in [3.05, 3.63) is 22.7 Å². The normalized spacial score (nSPS) is 19.2. The number of nitrogens with zero attached hydrogens (tertiary/aromatic N) is 3. The molecule has 1 aliphatic heterocycles. The summed E-state index contributed by atoms with van der Waals surface area (Å²) in [6.45, 7) is 5.15. The van der Waals surface area contributed by atoms with E-state index in [1.54, 1.807) is 11.3 Å². The van der Waals surface area contributed by atoms with Crippen LogP contribution < -0.4 is 10.2 Å². The van der Waals surface area contributed by atoms with E-state index in [-0.39, 0.29) is 6.03 Å². The average molecular weight is 393 g/mol. The van der Waals surface area contributed by atoms with E-state index in [9.17, 15) is 4.79 Å². The first-order valence-electron chi connectivity index (χ1n) is 9.48. The molecular weight excluding hydrogens is 368 g/mol. The van der Waals surface area contributed by atoms with Crippen LogP contribution in [0, 0.1) is 6.92 Å². The van der Waals surface area contributed by atoms with Crippen LogP contribution in [0.15, 0.2) is 12.1 Å². The van der Waals surface area contributed by atoms with Crippen LogP contribution in [0.25, 0.3) is 10.2 Å². The van der Waals surface area contributed by atoms with Crippen LogP contribution in [0.2, 0.25) is 5.02 Å². The smallest absolute Gasteiger partial charge is 0.317 e. The summed E-state index contributed by atoms with van der Waals surface area (Å²) in [5, 5.41) is 5.01. The number of rotatable bonds is 2. The Labute approximate surface area is 163 Å². The van der Waals surface area contributed by atoms with Crippen LogP contribution in [-0.2, 0) is 0 Å². The molecule has 1 N–H and O–H groups in total. The third-order valence-corrected chi connectivity index (χ3v) is 7.00. The molecule has 1 saturated heterocycles. The number of amides is 2. The summed E-state index contributed by atoms with van der Waals surface area (Å²) in [6.07, 6.45) is 6.02. The summed E-state index contributed by atoms with van der Waals surface area (Å²) < 4.78 is 1.17. The van der Waals surface area contributed by atoms with Gasteiger partial charge in [0.25, 0.3) is 0 Å². The van der Waals surface area contributed by atoms with Gasteiger partial charge in [0.05, 0.1) is 10.2 Å². The van der Waals surface area contributed by atoms with Crippen molar-refractivity contribution in [2.24, 2.45) is 0 Å². The number of halogens is 1. The molecule has 4 rings (SSSR count). The largest absolute Gasteiger partial charge is 0.345 e. The molecule has 2 aliphatic rings. The van der Waals surface area contributed by atoms with Gasteiger partial charge >= 0.3 is 6.03 Å². The number of hydrogen-bond donors (Lipinski definition) is 1. The van der Waals surface area contributed by atoms with E-state index in [1.165, 1.54) is 24.0 Å². The Morgan fingerprint density at radius 3 is 2.65 bits per heavy atom. The van der Waals surface area contributed by atoms with Crippen molar-refractivity contribution in [1.82, 2.24) is 15.2 Å². The number of anilines is 1. The molecule has 26 heavy (non-hydrogen) atoms. The topological polar surface area (TPSA) is 48.5 Å². The Balaban J connectivity index is 1.37. The van der Waals surface area contributed by atoms with Gasteiger partial charge in [0.15, 0.2) is 5.13 Å². The standard InChI is InChI=1S/C19H25ClN4OS/c1-13-15(20)7-8-16-17(13)22-19(26-16)24-11-9-23(10-12-24)18(25)21-14-5-3-2-4-6-14/h7-8,14H,2-6,9-12H2,1H3,(H,21,25). The quantitative estimate of drug-likeness (QED) is 0.822. The van der Waals surface area contributed by atoms with Gasteiger partial charge in [-0.25, -0.2) is 9.78 Å². The Hall–Kier alpha value is -1.53. The fourth-order valence-electron chi connectivity index (χ4n) is 3.84. The lowest BCUT2D eigenvalue weighted by Crippen LogP contribution is -2.53. The van der Waals surface area contributed by atoms with E-state index in [4.69, 9.17) is 16.6 Å². The Morgan fingerprint density at radius 2 is 1.92 bits per heavy atom. The summed E-state index contributed by atoms with van der Waals surface area (Å²) >= 11 is 7.92. The maximum absolute atomic E-state index is 12.5. The maximum Gasteiger partial charge on any atom is 0.317 e. The number of urea groups is 1. The molecule has 2 heterocycles. The number of carbonyl (C=O) groups excluding carboxylic acids is 1. The van der Waals surface area contributed by atoms with E-state index in [0.29, 0.717) is 6.04 Å². The molecule has 0 radical (unpaired) electrons. The third kappa shape index (κ3) is 3.62. The SMILES string of the molecule is Cc1c(Cl)ccc2sc(N3CCN(C(=O)NC4CCCCC4)CC3)nc12. The highest BCUT2D eigenvalue weighted by Crippen LogP contribution is 2.33. The zero-order chi connectivity index (χ0) is 18.1. The molecule has 1 aromatic carbocycles. The molecule has 0 bridgehead atoms. The van der Waals surface area contributed by atoms with E-state index < -0.39 is 0 Å². The molecule has 0 unspecified atom stereocenters. The van der Waals surface area contributed by atoms with Gasteiger partial charge in [-0.2, -0.15) is 0 Å². The van der Waals surface area contributed by atoms with Gasteiger partial charge in [0, 0.05) is 37.2 Å². The van der Waals surface area contributed by atoms with Crippen LogP contribution >= 0.6 is 22.9 Å². The number of carbonyl (C=O) groups is 1. The van der Waals surface area contributed by atoms with Crippen molar-refractivity contribution in [1.29, 1.82) is 0 Å². The number of thiazole rings is 1. The monoisotopic (exact) mass is 392 g/mol. The van der Waals surface area contributed by atoms with Gasteiger partial charge in [0.1, 0.15) is 0 Å². The van der Waals surface area contributed by atoms with Crippen molar-refractivity contribution in [3.63, 3.8) is 0 Å². The predicted octanol–water partition coefficient (Wildman–Crippen LogP) is 4.42. The van der Waals surface area contributed by atoms with Crippen molar-refractivity contribution in [2.75, 3.05) is 31.1 Å². The number of aryl methyl sites for hydroxylation is 1. The van der Waals surface area contributed by atoms with Gasteiger partial charge in [-0.1, -0.05) is 42.2 Å². The molecule has 140 valence electrons. The molecular formula is C19H25ClN4OS. The lowest BCUT2D eigenvalue weighted by Gasteiger charge is -2.35. The minimum Gasteiger partial charge on any atom is -0.345 e. The molecule has 5 nitrogen and oxygen atoms in total. The van der Waals surface area contributed by atoms with Gasteiger partial charge < -0.3 is 15.1 Å². The van der Waals surface area contributed by atoms with Crippen molar-refractivity contribution in [3.8, 4) is 0 Å². The van der Waals surface area contributed by atoms with E-state index in [1.807, 2.05) is 24.0 Å². The van der Waals surface area contributed by atoms with Crippen LogP contribution in [0.5, 0.6) is 0 Å². The summed E-state index contributed by atoms with van der Waals surface area (Å²) in [4.78, 5) is 21.5. The van der Waals surface area contributed by atoms with Crippen molar-refractivity contribution < 1.29 is 4.79 Å². The molecule has 2 amide bonds. The third-order valence-electron chi connectivity index (χ3n) is 5.51. The molecule has 1 aromatic heterocycles. The average Bonchev–Trinajstić information content (AvgIpc) is 3.11. The van der Waals surface area contributed by atoms with E-state index >= 15 is 0 Å². The fourth-order valence-corrected chi connectivity index (χ4v) is 5.07. The predicted molar refractivity (Wildman–Crippen MR) is 109 cm³/mol. The van der Waals surface area contributed by atoms with Crippen LogP contribution in [0.4, 0.5) is 9.93 Å². The lowest BCUT2D eigenvalue weighted by molar-refractivity contribution is 0.186. The Morgan fingerprint density at radius 1 is 1.19 bits per heavy atom.